The van der Waals surface area contributed by atoms with Gasteiger partial charge in [-0.15, -0.1) is 0 Å². The molecule has 3 N–H and O–H groups in total. The smallest absolute Gasteiger partial charge is 0.309 e. The number of carbonyl (C=O) groups is 2. The normalized spacial score (nSPS) is 32.0. The molecule has 2 bridgehead atoms. The summed E-state index contributed by atoms with van der Waals surface area (Å²) in [7, 11) is 1.60. The fourth-order valence-corrected chi connectivity index (χ4v) is 6.97. The van der Waals surface area contributed by atoms with Crippen molar-refractivity contribution in [1.82, 2.24) is 10.6 Å². The van der Waals surface area contributed by atoms with Crippen LogP contribution in [0.2, 0.25) is 0 Å². The molecule has 0 aromatic heterocycles. The Morgan fingerprint density at radius 3 is 2.50 bits per heavy atom. The van der Waals surface area contributed by atoms with E-state index in [0.29, 0.717) is 61.1 Å². The minimum absolute atomic E-state index is 0.00108. The zero-order chi connectivity index (χ0) is 26.9. The summed E-state index contributed by atoms with van der Waals surface area (Å²) in [6, 6.07) is 5.96. The van der Waals surface area contributed by atoms with E-state index < -0.39 is 11.4 Å². The van der Waals surface area contributed by atoms with E-state index >= 15 is 0 Å². The summed E-state index contributed by atoms with van der Waals surface area (Å²) in [5, 5.41) is 26.2. The maximum absolute atomic E-state index is 13.2. The van der Waals surface area contributed by atoms with Gasteiger partial charge in [0.1, 0.15) is 17.6 Å². The number of benzene rings is 1. The molecule has 0 heterocycles. The second-order valence-corrected chi connectivity index (χ2v) is 12.2. The highest BCUT2D eigenvalue weighted by atomic mass is 16.5. The van der Waals surface area contributed by atoms with E-state index in [4.69, 9.17) is 9.47 Å². The standard InChI is InChI=1S/C30H41N3O5/c1-30(29(35)36)10-7-23(8-11-30)38-25-15-22(24(37-2)14-21(25)16-31)17-33-27-20-6-5-19(13-20)26(27)28(34)32-12-9-18-3-4-18/h14-15,18-20,23,26-27,33H,3-13,17H2,1-2H3,(H,32,34)(H,35,36)/t19-,20+,23-,26+,27-,30+/m1/s1. The maximum Gasteiger partial charge on any atom is 0.309 e. The highest BCUT2D eigenvalue weighted by molar-refractivity contribution is 5.80. The van der Waals surface area contributed by atoms with E-state index in [9.17, 15) is 20.0 Å². The molecule has 8 heteroatoms. The topological polar surface area (TPSA) is 121 Å². The summed E-state index contributed by atoms with van der Waals surface area (Å²) >= 11 is 0. The van der Waals surface area contributed by atoms with Crippen molar-refractivity contribution in [1.29, 1.82) is 5.26 Å². The van der Waals surface area contributed by atoms with Gasteiger partial charge in [0.25, 0.3) is 0 Å². The zero-order valence-electron chi connectivity index (χ0n) is 22.6. The molecule has 1 aromatic carbocycles. The minimum Gasteiger partial charge on any atom is -0.496 e. The summed E-state index contributed by atoms with van der Waals surface area (Å²) in [4.78, 5) is 24.8. The van der Waals surface area contributed by atoms with Gasteiger partial charge in [0.15, 0.2) is 0 Å². The van der Waals surface area contributed by atoms with Gasteiger partial charge in [0.2, 0.25) is 5.91 Å². The Balaban J connectivity index is 1.25. The molecule has 8 nitrogen and oxygen atoms in total. The van der Waals surface area contributed by atoms with Crippen LogP contribution in [0.15, 0.2) is 12.1 Å². The molecule has 4 aliphatic carbocycles. The molecule has 206 valence electrons. The fourth-order valence-electron chi connectivity index (χ4n) is 6.97. The molecular formula is C30H41N3O5. The Kier molecular flexibility index (Phi) is 7.85. The Morgan fingerprint density at radius 2 is 1.84 bits per heavy atom. The molecule has 1 amide bonds. The SMILES string of the molecule is COc1cc(C#N)c(O[C@H]2CC[C@@](C)(C(=O)O)CC2)cc1CN[C@@H]1[C@H]2CC[C@H](C2)[C@@H]1C(=O)NCCC1CC1. The van der Waals surface area contributed by atoms with Crippen molar-refractivity contribution in [3.63, 3.8) is 0 Å². The van der Waals surface area contributed by atoms with Crippen molar-refractivity contribution in [2.24, 2.45) is 29.1 Å². The van der Waals surface area contributed by atoms with Crippen LogP contribution in [0.1, 0.15) is 82.3 Å². The molecule has 1 aromatic rings. The molecule has 0 unspecified atom stereocenters. The van der Waals surface area contributed by atoms with Gasteiger partial charge >= 0.3 is 5.97 Å². The Hall–Kier alpha value is -2.79. The van der Waals surface area contributed by atoms with Crippen molar-refractivity contribution in [2.75, 3.05) is 13.7 Å². The lowest BCUT2D eigenvalue weighted by atomic mass is 9.75. The maximum atomic E-state index is 13.2. The first-order valence-corrected chi connectivity index (χ1v) is 14.3. The molecular weight excluding hydrogens is 482 g/mol. The second-order valence-electron chi connectivity index (χ2n) is 12.2. The third-order valence-electron chi connectivity index (χ3n) is 9.65. The predicted octanol–water partition coefficient (Wildman–Crippen LogP) is 4.40. The number of hydrogen-bond donors (Lipinski definition) is 3. The predicted molar refractivity (Wildman–Crippen MR) is 142 cm³/mol. The van der Waals surface area contributed by atoms with Gasteiger partial charge in [0, 0.05) is 30.8 Å². The number of amides is 1. The van der Waals surface area contributed by atoms with Crippen LogP contribution in [0.25, 0.3) is 0 Å². The van der Waals surface area contributed by atoms with E-state index in [-0.39, 0.29) is 24.0 Å². The quantitative estimate of drug-likeness (QED) is 0.393. The number of methoxy groups -OCH3 is 1. The van der Waals surface area contributed by atoms with E-state index in [1.54, 1.807) is 20.1 Å². The number of hydrogen-bond acceptors (Lipinski definition) is 6. The molecule has 0 aliphatic heterocycles. The van der Waals surface area contributed by atoms with Gasteiger partial charge in [-0.2, -0.15) is 5.26 Å². The van der Waals surface area contributed by atoms with Crippen LogP contribution >= 0.6 is 0 Å². The van der Waals surface area contributed by atoms with E-state index in [0.717, 1.165) is 43.7 Å². The van der Waals surface area contributed by atoms with Gasteiger partial charge in [-0.1, -0.05) is 12.8 Å². The van der Waals surface area contributed by atoms with E-state index in [1.165, 1.54) is 12.8 Å². The highest BCUT2D eigenvalue weighted by Gasteiger charge is 2.50. The van der Waals surface area contributed by atoms with E-state index in [2.05, 4.69) is 16.7 Å². The van der Waals surface area contributed by atoms with Gasteiger partial charge in [-0.05, 0) is 82.1 Å². The number of carbonyl (C=O) groups excluding carboxylic acids is 1. The Morgan fingerprint density at radius 1 is 1.11 bits per heavy atom. The molecule has 4 fully saturated rings. The monoisotopic (exact) mass is 523 g/mol. The first-order valence-electron chi connectivity index (χ1n) is 14.3. The zero-order valence-corrected chi connectivity index (χ0v) is 22.6. The number of carboxylic acid groups (broad SMARTS) is 1. The van der Waals surface area contributed by atoms with Crippen LogP contribution in [0.3, 0.4) is 0 Å². The third-order valence-corrected chi connectivity index (χ3v) is 9.65. The minimum atomic E-state index is -0.762. The lowest BCUT2D eigenvalue weighted by molar-refractivity contribution is -0.150. The van der Waals surface area contributed by atoms with Crippen molar-refractivity contribution in [2.45, 2.75) is 89.8 Å². The van der Waals surface area contributed by atoms with Crippen LogP contribution in [-0.2, 0) is 16.1 Å². The number of nitrogens with zero attached hydrogens (tertiary/aromatic N) is 1. The van der Waals surface area contributed by atoms with E-state index in [1.807, 2.05) is 6.07 Å². The molecule has 4 aliphatic rings. The number of nitrogens with one attached hydrogen (secondary N) is 2. The number of aliphatic carboxylic acids is 1. The van der Waals surface area contributed by atoms with Crippen LogP contribution in [-0.4, -0.2) is 42.8 Å². The highest BCUT2D eigenvalue weighted by Crippen LogP contribution is 2.49. The average Bonchev–Trinajstić information content (AvgIpc) is 3.51. The average molecular weight is 524 g/mol. The van der Waals surface area contributed by atoms with Crippen molar-refractivity contribution >= 4 is 11.9 Å². The Labute approximate surface area is 225 Å². The lowest BCUT2D eigenvalue weighted by Gasteiger charge is -2.34. The van der Waals surface area contributed by atoms with Crippen LogP contribution < -0.4 is 20.1 Å². The molecule has 0 spiro atoms. The first-order chi connectivity index (χ1) is 18.3. The molecule has 5 rings (SSSR count). The number of nitriles is 1. The van der Waals surface area contributed by atoms with Crippen molar-refractivity contribution in [3.8, 4) is 17.6 Å². The van der Waals surface area contributed by atoms with Crippen LogP contribution in [0, 0.1) is 40.4 Å². The van der Waals surface area contributed by atoms with Gasteiger partial charge in [0.05, 0.1) is 30.1 Å². The molecule has 38 heavy (non-hydrogen) atoms. The first kappa shape index (κ1) is 26.8. The number of ether oxygens (including phenoxy) is 2. The molecule has 0 saturated heterocycles. The fraction of sp³-hybridized carbons (Fsp3) is 0.700. The third kappa shape index (κ3) is 5.63. The largest absolute Gasteiger partial charge is 0.496 e. The molecule has 4 saturated carbocycles. The van der Waals surface area contributed by atoms with Crippen molar-refractivity contribution in [3.05, 3.63) is 23.3 Å². The summed E-state index contributed by atoms with van der Waals surface area (Å²) in [6.45, 7) is 3.09. The molecule has 4 atom stereocenters. The summed E-state index contributed by atoms with van der Waals surface area (Å²) in [5.74, 6) is 2.32. The van der Waals surface area contributed by atoms with Gasteiger partial charge in [-0.3, -0.25) is 9.59 Å². The van der Waals surface area contributed by atoms with Crippen LogP contribution in [0.4, 0.5) is 0 Å². The summed E-state index contributed by atoms with van der Waals surface area (Å²) in [6.07, 6.45) is 9.32. The lowest BCUT2D eigenvalue weighted by Crippen LogP contribution is -2.48. The Bertz CT molecular complexity index is 1090. The number of carboxylic acids is 1. The number of rotatable bonds is 11. The second kappa shape index (κ2) is 11.1. The van der Waals surface area contributed by atoms with Gasteiger partial charge < -0.3 is 25.2 Å². The summed E-state index contributed by atoms with van der Waals surface area (Å²) in [5.41, 5.74) is 0.585. The van der Waals surface area contributed by atoms with Gasteiger partial charge in [-0.25, -0.2) is 0 Å². The molecule has 0 radical (unpaired) electrons. The summed E-state index contributed by atoms with van der Waals surface area (Å²) < 4.78 is 11.9. The van der Waals surface area contributed by atoms with Crippen molar-refractivity contribution < 1.29 is 24.2 Å². The number of fused-ring (bicyclic) bond motifs is 2. The van der Waals surface area contributed by atoms with Crippen LogP contribution in [0.5, 0.6) is 11.5 Å².